The van der Waals surface area contributed by atoms with Crippen LogP contribution in [0.25, 0.3) is 5.69 Å². The highest BCUT2D eigenvalue weighted by Crippen LogP contribution is 2.12. The van der Waals surface area contributed by atoms with E-state index in [1.807, 2.05) is 24.3 Å². The van der Waals surface area contributed by atoms with E-state index in [2.05, 4.69) is 34.8 Å². The number of halogens is 2. The second-order valence-electron chi connectivity index (χ2n) is 3.89. The summed E-state index contributed by atoms with van der Waals surface area (Å²) in [6, 6.07) is 7.86. The SMILES string of the molecule is CCCC[n+]1ccn(-c2ccc(Cl)cc2)c1.[I-]. The monoisotopic (exact) mass is 362 g/mol. The Hall–Kier alpha value is -0.550. The molecule has 0 unspecified atom stereocenters. The molecule has 0 aliphatic heterocycles. The highest BCUT2D eigenvalue weighted by atomic mass is 127. The predicted molar refractivity (Wildman–Crippen MR) is 65.9 cm³/mol. The third kappa shape index (κ3) is 4.00. The van der Waals surface area contributed by atoms with Gasteiger partial charge in [0.05, 0.1) is 6.54 Å². The second-order valence-corrected chi connectivity index (χ2v) is 4.33. The maximum atomic E-state index is 5.86. The van der Waals surface area contributed by atoms with Gasteiger partial charge in [-0.2, -0.15) is 0 Å². The largest absolute Gasteiger partial charge is 1.00 e. The van der Waals surface area contributed by atoms with E-state index < -0.39 is 0 Å². The predicted octanol–water partition coefficient (Wildman–Crippen LogP) is 0.222. The average molecular weight is 363 g/mol. The van der Waals surface area contributed by atoms with Crippen LogP contribution >= 0.6 is 11.6 Å². The molecule has 0 N–H and O–H groups in total. The molecule has 0 spiro atoms. The lowest BCUT2D eigenvalue weighted by Crippen LogP contribution is -3.00. The molecule has 2 aromatic rings. The number of hydrogen-bond donors (Lipinski definition) is 0. The summed E-state index contributed by atoms with van der Waals surface area (Å²) in [5.41, 5.74) is 1.14. The molecule has 17 heavy (non-hydrogen) atoms. The van der Waals surface area contributed by atoms with Gasteiger partial charge in [-0.3, -0.25) is 0 Å². The minimum absolute atomic E-state index is 0. The molecule has 92 valence electrons. The van der Waals surface area contributed by atoms with Crippen LogP contribution in [0.15, 0.2) is 43.0 Å². The van der Waals surface area contributed by atoms with E-state index in [0.29, 0.717) is 0 Å². The molecule has 1 heterocycles. The lowest BCUT2D eigenvalue weighted by atomic mass is 10.3. The first-order valence-electron chi connectivity index (χ1n) is 5.62. The summed E-state index contributed by atoms with van der Waals surface area (Å²) in [6.07, 6.45) is 8.72. The number of aromatic nitrogens is 2. The lowest BCUT2D eigenvalue weighted by Gasteiger charge is -1.95. The highest BCUT2D eigenvalue weighted by Gasteiger charge is 2.05. The van der Waals surface area contributed by atoms with Gasteiger partial charge in [-0.25, -0.2) is 9.13 Å². The molecule has 0 bridgehead atoms. The van der Waals surface area contributed by atoms with Gasteiger partial charge in [-0.1, -0.05) is 24.9 Å². The number of rotatable bonds is 4. The zero-order valence-electron chi connectivity index (χ0n) is 9.81. The van der Waals surface area contributed by atoms with Crippen LogP contribution in [0.3, 0.4) is 0 Å². The Balaban J connectivity index is 0.00000144. The molecule has 1 aromatic heterocycles. The van der Waals surface area contributed by atoms with Crippen LogP contribution in [0.5, 0.6) is 0 Å². The van der Waals surface area contributed by atoms with Crippen molar-refractivity contribution in [3.05, 3.63) is 48.0 Å². The van der Waals surface area contributed by atoms with Crippen LogP contribution in [0, 0.1) is 0 Å². The topological polar surface area (TPSA) is 8.81 Å². The van der Waals surface area contributed by atoms with Gasteiger partial charge in [0.2, 0.25) is 6.33 Å². The zero-order valence-corrected chi connectivity index (χ0v) is 12.7. The van der Waals surface area contributed by atoms with E-state index in [0.717, 1.165) is 17.3 Å². The Labute approximate surface area is 124 Å². The lowest BCUT2D eigenvalue weighted by molar-refractivity contribution is -0.696. The fourth-order valence-corrected chi connectivity index (χ4v) is 1.76. The van der Waals surface area contributed by atoms with Gasteiger partial charge >= 0.3 is 0 Å². The molecular weight excluding hydrogens is 347 g/mol. The fraction of sp³-hybridized carbons (Fsp3) is 0.308. The normalized spacial score (nSPS) is 10.0. The van der Waals surface area contributed by atoms with Gasteiger partial charge in [-0.05, 0) is 30.7 Å². The van der Waals surface area contributed by atoms with Crippen LogP contribution in [0.4, 0.5) is 0 Å². The highest BCUT2D eigenvalue weighted by molar-refractivity contribution is 6.30. The summed E-state index contributed by atoms with van der Waals surface area (Å²) in [4.78, 5) is 0. The molecule has 0 saturated carbocycles. The quantitative estimate of drug-likeness (QED) is 0.544. The minimum atomic E-state index is 0. The summed E-state index contributed by atoms with van der Waals surface area (Å²) in [5.74, 6) is 0. The van der Waals surface area contributed by atoms with Crippen molar-refractivity contribution >= 4 is 11.6 Å². The average Bonchev–Trinajstić information content (AvgIpc) is 2.76. The van der Waals surface area contributed by atoms with E-state index in [9.17, 15) is 0 Å². The number of hydrogen-bond acceptors (Lipinski definition) is 0. The minimum Gasteiger partial charge on any atom is -1.00 e. The first kappa shape index (κ1) is 14.5. The van der Waals surface area contributed by atoms with Gasteiger partial charge in [0.25, 0.3) is 0 Å². The Kier molecular flexibility index (Phi) is 5.98. The first-order chi connectivity index (χ1) is 7.79. The van der Waals surface area contributed by atoms with Crippen molar-refractivity contribution in [3.63, 3.8) is 0 Å². The maximum absolute atomic E-state index is 5.86. The molecule has 1 aromatic carbocycles. The van der Waals surface area contributed by atoms with E-state index >= 15 is 0 Å². The van der Waals surface area contributed by atoms with Gasteiger partial charge in [0, 0.05) is 5.02 Å². The van der Waals surface area contributed by atoms with Gasteiger partial charge in [-0.15, -0.1) is 0 Å². The molecule has 0 fully saturated rings. The van der Waals surface area contributed by atoms with Crippen molar-refractivity contribution in [2.75, 3.05) is 0 Å². The Morgan fingerprint density at radius 2 is 1.94 bits per heavy atom. The van der Waals surface area contributed by atoms with Crippen molar-refractivity contribution in [1.29, 1.82) is 0 Å². The van der Waals surface area contributed by atoms with Gasteiger partial charge in [0.1, 0.15) is 18.1 Å². The van der Waals surface area contributed by atoms with E-state index in [-0.39, 0.29) is 24.0 Å². The molecule has 2 nitrogen and oxygen atoms in total. The Bertz CT molecular complexity index is 451. The standard InChI is InChI=1S/C13H16ClN2.HI/c1-2-3-8-15-9-10-16(11-15)13-6-4-12(14)5-7-13;/h4-7,9-11H,2-3,8H2,1H3;1H/q+1;/p-1. The number of nitrogens with zero attached hydrogens (tertiary/aromatic N) is 2. The number of aryl methyl sites for hydroxylation is 1. The first-order valence-corrected chi connectivity index (χ1v) is 6.00. The van der Waals surface area contributed by atoms with Crippen LogP contribution < -0.4 is 28.5 Å². The summed E-state index contributed by atoms with van der Waals surface area (Å²) < 4.78 is 4.31. The van der Waals surface area contributed by atoms with Gasteiger partial charge < -0.3 is 24.0 Å². The molecule has 0 aliphatic carbocycles. The molecule has 0 saturated heterocycles. The van der Waals surface area contributed by atoms with Gasteiger partial charge in [0.15, 0.2) is 0 Å². The summed E-state index contributed by atoms with van der Waals surface area (Å²) in [5, 5.41) is 0.773. The number of unbranched alkanes of at least 4 members (excludes halogenated alkanes) is 1. The van der Waals surface area contributed by atoms with Crippen molar-refractivity contribution in [3.8, 4) is 5.69 Å². The third-order valence-electron chi connectivity index (χ3n) is 2.59. The zero-order chi connectivity index (χ0) is 11.4. The summed E-state index contributed by atoms with van der Waals surface area (Å²) >= 11 is 5.86. The molecule has 0 atom stereocenters. The molecule has 0 amide bonds. The Morgan fingerprint density at radius 3 is 2.59 bits per heavy atom. The second kappa shape index (κ2) is 7.01. The fourth-order valence-electron chi connectivity index (χ4n) is 1.63. The van der Waals surface area contributed by atoms with Crippen molar-refractivity contribution in [2.45, 2.75) is 26.3 Å². The van der Waals surface area contributed by atoms with Crippen molar-refractivity contribution in [1.82, 2.24) is 4.57 Å². The number of benzene rings is 1. The Morgan fingerprint density at radius 1 is 1.24 bits per heavy atom. The van der Waals surface area contributed by atoms with E-state index in [1.165, 1.54) is 12.8 Å². The molecule has 2 rings (SSSR count). The van der Waals surface area contributed by atoms with Crippen LogP contribution in [-0.4, -0.2) is 4.57 Å². The van der Waals surface area contributed by atoms with Crippen LogP contribution in [0.2, 0.25) is 5.02 Å². The molecule has 0 aliphatic rings. The van der Waals surface area contributed by atoms with Crippen molar-refractivity contribution < 1.29 is 28.5 Å². The van der Waals surface area contributed by atoms with Crippen molar-refractivity contribution in [2.24, 2.45) is 0 Å². The van der Waals surface area contributed by atoms with Crippen LogP contribution in [0.1, 0.15) is 19.8 Å². The van der Waals surface area contributed by atoms with Crippen LogP contribution in [-0.2, 0) is 6.54 Å². The molecular formula is C13H16ClIN2. The maximum Gasteiger partial charge on any atom is 0.248 e. The van der Waals surface area contributed by atoms with E-state index in [4.69, 9.17) is 11.6 Å². The summed E-state index contributed by atoms with van der Waals surface area (Å²) in [6.45, 7) is 3.29. The smallest absolute Gasteiger partial charge is 0.248 e. The summed E-state index contributed by atoms with van der Waals surface area (Å²) in [7, 11) is 0. The molecule has 4 heteroatoms. The third-order valence-corrected chi connectivity index (χ3v) is 2.84. The molecule has 0 radical (unpaired) electrons. The number of imidazole rings is 1. The van der Waals surface area contributed by atoms with E-state index in [1.54, 1.807) is 0 Å².